The Bertz CT molecular complexity index is 422. The molecule has 1 aromatic rings. The minimum absolute atomic E-state index is 0.196. The number of hydrogen-bond donors (Lipinski definition) is 1. The van der Waals surface area contributed by atoms with Gasteiger partial charge in [-0.1, -0.05) is 17.7 Å². The van der Waals surface area contributed by atoms with Gasteiger partial charge in [-0.05, 0) is 12.1 Å². The van der Waals surface area contributed by atoms with E-state index in [1.807, 2.05) is 0 Å². The fourth-order valence-corrected chi connectivity index (χ4v) is 3.08. The number of hydrogen-bond acceptors (Lipinski definition) is 3. The average molecular weight is 284 g/mol. The van der Waals surface area contributed by atoms with Crippen LogP contribution in [-0.2, 0) is 6.54 Å². The Morgan fingerprint density at radius 1 is 1.26 bits per heavy atom. The van der Waals surface area contributed by atoms with E-state index in [-0.39, 0.29) is 5.82 Å². The van der Waals surface area contributed by atoms with E-state index in [0.717, 1.165) is 39.3 Å². The first kappa shape index (κ1) is 13.3. The molecule has 0 spiro atoms. The highest BCUT2D eigenvalue weighted by Crippen LogP contribution is 2.24. The van der Waals surface area contributed by atoms with E-state index in [9.17, 15) is 4.39 Å². The highest BCUT2D eigenvalue weighted by atomic mass is 35.5. The van der Waals surface area contributed by atoms with Gasteiger partial charge in [-0.15, -0.1) is 0 Å². The lowest BCUT2D eigenvalue weighted by Gasteiger charge is -2.47. The van der Waals surface area contributed by atoms with Crippen molar-refractivity contribution in [3.63, 3.8) is 0 Å². The Morgan fingerprint density at radius 3 is 2.68 bits per heavy atom. The summed E-state index contributed by atoms with van der Waals surface area (Å²) in [5.74, 6) is -0.196. The van der Waals surface area contributed by atoms with E-state index in [1.165, 1.54) is 6.07 Å². The van der Waals surface area contributed by atoms with Gasteiger partial charge in [0, 0.05) is 62.4 Å². The molecule has 2 aliphatic rings. The van der Waals surface area contributed by atoms with E-state index >= 15 is 0 Å². The number of rotatable bonds is 3. The molecule has 2 fully saturated rings. The Labute approximate surface area is 118 Å². The van der Waals surface area contributed by atoms with Gasteiger partial charge in [-0.25, -0.2) is 4.39 Å². The maximum atomic E-state index is 13.7. The van der Waals surface area contributed by atoms with Crippen LogP contribution in [0, 0.1) is 5.82 Å². The summed E-state index contributed by atoms with van der Waals surface area (Å²) < 4.78 is 13.7. The molecule has 2 heterocycles. The molecule has 19 heavy (non-hydrogen) atoms. The smallest absolute Gasteiger partial charge is 0.129 e. The van der Waals surface area contributed by atoms with E-state index in [4.69, 9.17) is 11.6 Å². The molecule has 0 radical (unpaired) electrons. The zero-order valence-electron chi connectivity index (χ0n) is 10.9. The van der Waals surface area contributed by atoms with E-state index in [1.54, 1.807) is 12.1 Å². The summed E-state index contributed by atoms with van der Waals surface area (Å²) >= 11 is 6.05. The molecule has 0 atom stereocenters. The van der Waals surface area contributed by atoms with Crippen LogP contribution in [0.5, 0.6) is 0 Å². The van der Waals surface area contributed by atoms with Gasteiger partial charge in [0.25, 0.3) is 0 Å². The highest BCUT2D eigenvalue weighted by Gasteiger charge is 2.32. The number of piperazine rings is 1. The van der Waals surface area contributed by atoms with Crippen LogP contribution in [0.2, 0.25) is 5.02 Å². The topological polar surface area (TPSA) is 18.5 Å². The molecule has 3 rings (SSSR count). The second-order valence-corrected chi connectivity index (χ2v) is 5.74. The van der Waals surface area contributed by atoms with Crippen LogP contribution < -0.4 is 5.32 Å². The van der Waals surface area contributed by atoms with Gasteiger partial charge in [0.2, 0.25) is 0 Å². The molecule has 1 N–H and O–H groups in total. The third-order valence-corrected chi connectivity index (χ3v) is 4.40. The summed E-state index contributed by atoms with van der Waals surface area (Å²) in [5.41, 5.74) is 0.628. The van der Waals surface area contributed by atoms with Crippen molar-refractivity contribution in [1.82, 2.24) is 15.1 Å². The first-order valence-electron chi connectivity index (χ1n) is 6.84. The fourth-order valence-electron chi connectivity index (χ4n) is 2.86. The van der Waals surface area contributed by atoms with Gasteiger partial charge in [-0.2, -0.15) is 0 Å². The zero-order chi connectivity index (χ0) is 13.2. The molecule has 2 aliphatic heterocycles. The largest absolute Gasteiger partial charge is 0.314 e. The number of nitrogens with one attached hydrogen (secondary N) is 1. The van der Waals surface area contributed by atoms with Gasteiger partial charge >= 0.3 is 0 Å². The average Bonchev–Trinajstić information content (AvgIpc) is 2.37. The van der Waals surface area contributed by atoms with Crippen molar-refractivity contribution in [3.05, 3.63) is 34.6 Å². The van der Waals surface area contributed by atoms with Crippen molar-refractivity contribution in [1.29, 1.82) is 0 Å². The lowest BCUT2D eigenvalue weighted by atomic mass is 10.0. The molecule has 3 nitrogen and oxygen atoms in total. The van der Waals surface area contributed by atoms with Crippen molar-refractivity contribution in [2.24, 2.45) is 0 Å². The summed E-state index contributed by atoms with van der Waals surface area (Å²) in [6.07, 6.45) is 0. The van der Waals surface area contributed by atoms with Gasteiger partial charge in [0.1, 0.15) is 5.82 Å². The molecule has 0 bridgehead atoms. The Balaban J connectivity index is 1.53. The normalized spacial score (nSPS) is 22.4. The molecule has 0 aliphatic carbocycles. The van der Waals surface area contributed by atoms with Crippen LogP contribution in [0.15, 0.2) is 18.2 Å². The lowest BCUT2D eigenvalue weighted by molar-refractivity contribution is 0.0217. The van der Waals surface area contributed by atoms with Crippen molar-refractivity contribution in [2.45, 2.75) is 12.6 Å². The first-order chi connectivity index (χ1) is 9.24. The zero-order valence-corrected chi connectivity index (χ0v) is 11.7. The molecule has 5 heteroatoms. The quantitative estimate of drug-likeness (QED) is 0.908. The third-order valence-electron chi connectivity index (χ3n) is 4.05. The van der Waals surface area contributed by atoms with Crippen LogP contribution in [0.4, 0.5) is 4.39 Å². The first-order valence-corrected chi connectivity index (χ1v) is 7.22. The van der Waals surface area contributed by atoms with Crippen LogP contribution in [0.3, 0.4) is 0 Å². The minimum Gasteiger partial charge on any atom is -0.314 e. The Morgan fingerprint density at radius 2 is 2.00 bits per heavy atom. The maximum absolute atomic E-state index is 13.7. The van der Waals surface area contributed by atoms with E-state index < -0.39 is 0 Å². The van der Waals surface area contributed by atoms with E-state index in [0.29, 0.717) is 23.2 Å². The minimum atomic E-state index is -0.196. The highest BCUT2D eigenvalue weighted by molar-refractivity contribution is 6.31. The van der Waals surface area contributed by atoms with Crippen LogP contribution >= 0.6 is 11.6 Å². The van der Waals surface area contributed by atoms with Crippen molar-refractivity contribution < 1.29 is 4.39 Å². The number of likely N-dealkylation sites (tertiary alicyclic amines) is 1. The molecule has 0 saturated carbocycles. The SMILES string of the molecule is Fc1cccc(Cl)c1CN1CC(N2CCNCC2)C1. The molecular weight excluding hydrogens is 265 g/mol. The number of benzene rings is 1. The summed E-state index contributed by atoms with van der Waals surface area (Å²) in [6.45, 7) is 7.06. The standard InChI is InChI=1S/C14H19ClFN3/c15-13-2-1-3-14(16)12(13)10-18-8-11(9-18)19-6-4-17-5-7-19/h1-3,11,17H,4-10H2. The van der Waals surface area contributed by atoms with Crippen molar-refractivity contribution in [3.8, 4) is 0 Å². The van der Waals surface area contributed by atoms with Gasteiger partial charge < -0.3 is 5.32 Å². The molecule has 0 unspecified atom stereocenters. The monoisotopic (exact) mass is 283 g/mol. The van der Waals surface area contributed by atoms with Crippen molar-refractivity contribution >= 4 is 11.6 Å². The van der Waals surface area contributed by atoms with Crippen molar-refractivity contribution in [2.75, 3.05) is 39.3 Å². The predicted molar refractivity (Wildman–Crippen MR) is 74.9 cm³/mol. The van der Waals surface area contributed by atoms with E-state index in [2.05, 4.69) is 15.1 Å². The predicted octanol–water partition coefficient (Wildman–Crippen LogP) is 1.57. The second-order valence-electron chi connectivity index (χ2n) is 5.33. The van der Waals surface area contributed by atoms with Crippen LogP contribution in [-0.4, -0.2) is 55.1 Å². The number of nitrogens with zero attached hydrogens (tertiary/aromatic N) is 2. The molecule has 1 aromatic carbocycles. The van der Waals surface area contributed by atoms with Gasteiger partial charge in [0.05, 0.1) is 0 Å². The lowest BCUT2D eigenvalue weighted by Crippen LogP contribution is -2.62. The van der Waals surface area contributed by atoms with Crippen LogP contribution in [0.25, 0.3) is 0 Å². The molecule has 0 aromatic heterocycles. The Kier molecular flexibility index (Phi) is 4.03. The van der Waals surface area contributed by atoms with Gasteiger partial charge in [0.15, 0.2) is 0 Å². The summed E-state index contributed by atoms with van der Waals surface area (Å²) in [5, 5.41) is 3.89. The molecular formula is C14H19ClFN3. The second kappa shape index (κ2) is 5.75. The van der Waals surface area contributed by atoms with Crippen LogP contribution in [0.1, 0.15) is 5.56 Å². The van der Waals surface area contributed by atoms with Gasteiger partial charge in [-0.3, -0.25) is 9.80 Å². The maximum Gasteiger partial charge on any atom is 0.129 e. The molecule has 0 amide bonds. The summed E-state index contributed by atoms with van der Waals surface area (Å²) in [4.78, 5) is 4.78. The Hall–Kier alpha value is -0.680. The fraction of sp³-hybridized carbons (Fsp3) is 0.571. The summed E-state index contributed by atoms with van der Waals surface area (Å²) in [6, 6.07) is 5.52. The number of halogens is 2. The molecule has 2 saturated heterocycles. The summed E-state index contributed by atoms with van der Waals surface area (Å²) in [7, 11) is 0. The molecule has 104 valence electrons. The third kappa shape index (κ3) is 2.92.